The standard InChI is InChI=1S/C17H11ClO4.ClH/c1-9-14(19)12-7-11(18)8-13(17(20)21)16(12)22-15(9)10-5-3-2-4-6-10;/h2-8H,1H3,(H,20,21);1H. The zero-order valence-corrected chi connectivity index (χ0v) is 13.6. The maximum absolute atomic E-state index is 12.5. The predicted molar refractivity (Wildman–Crippen MR) is 91.9 cm³/mol. The number of hydrogen-bond donors (Lipinski definition) is 1. The van der Waals surface area contributed by atoms with Gasteiger partial charge in [0, 0.05) is 16.1 Å². The van der Waals surface area contributed by atoms with Crippen LogP contribution in [-0.4, -0.2) is 11.1 Å². The molecule has 0 bridgehead atoms. The summed E-state index contributed by atoms with van der Waals surface area (Å²) in [5, 5.41) is 9.66. The van der Waals surface area contributed by atoms with E-state index in [9.17, 15) is 14.7 Å². The largest absolute Gasteiger partial charge is 0.478 e. The highest BCUT2D eigenvalue weighted by Gasteiger charge is 2.19. The molecule has 3 rings (SSSR count). The molecule has 2 aromatic carbocycles. The number of carboxylic acid groups (broad SMARTS) is 1. The van der Waals surface area contributed by atoms with Crippen LogP contribution in [0.3, 0.4) is 0 Å². The summed E-state index contributed by atoms with van der Waals surface area (Å²) in [6.07, 6.45) is 0. The van der Waals surface area contributed by atoms with E-state index >= 15 is 0 Å². The summed E-state index contributed by atoms with van der Waals surface area (Å²) in [6.45, 7) is 1.65. The Morgan fingerprint density at radius 3 is 2.43 bits per heavy atom. The number of halogens is 2. The van der Waals surface area contributed by atoms with Gasteiger partial charge in [0.1, 0.15) is 11.3 Å². The Morgan fingerprint density at radius 2 is 1.83 bits per heavy atom. The molecule has 1 N–H and O–H groups in total. The van der Waals surface area contributed by atoms with Gasteiger partial charge in [0.15, 0.2) is 11.0 Å². The molecule has 0 saturated heterocycles. The van der Waals surface area contributed by atoms with Crippen LogP contribution in [0.1, 0.15) is 15.9 Å². The van der Waals surface area contributed by atoms with Crippen molar-refractivity contribution in [3.63, 3.8) is 0 Å². The molecule has 3 aromatic rings. The maximum Gasteiger partial charge on any atom is 0.339 e. The van der Waals surface area contributed by atoms with E-state index in [-0.39, 0.29) is 39.4 Å². The average Bonchev–Trinajstić information content (AvgIpc) is 2.51. The number of aromatic carboxylic acids is 1. The second-order valence-electron chi connectivity index (χ2n) is 4.89. The highest BCUT2D eigenvalue weighted by atomic mass is 35.5. The van der Waals surface area contributed by atoms with Crippen LogP contribution in [-0.2, 0) is 0 Å². The van der Waals surface area contributed by atoms with Crippen molar-refractivity contribution in [3.8, 4) is 11.3 Å². The van der Waals surface area contributed by atoms with E-state index in [1.807, 2.05) is 18.2 Å². The van der Waals surface area contributed by atoms with Gasteiger partial charge in [-0.25, -0.2) is 4.79 Å². The molecule has 0 amide bonds. The molecule has 0 spiro atoms. The topological polar surface area (TPSA) is 67.5 Å². The van der Waals surface area contributed by atoms with Gasteiger partial charge in [0.25, 0.3) is 0 Å². The first-order valence-corrected chi connectivity index (χ1v) is 6.92. The van der Waals surface area contributed by atoms with Crippen LogP contribution in [0.25, 0.3) is 22.3 Å². The molecule has 0 aliphatic carbocycles. The van der Waals surface area contributed by atoms with Crippen molar-refractivity contribution in [2.24, 2.45) is 0 Å². The quantitative estimate of drug-likeness (QED) is 0.736. The van der Waals surface area contributed by atoms with Crippen molar-refractivity contribution in [1.82, 2.24) is 0 Å². The lowest BCUT2D eigenvalue weighted by Crippen LogP contribution is -2.10. The Hall–Kier alpha value is -2.30. The second-order valence-corrected chi connectivity index (χ2v) is 5.32. The number of hydrogen-bond acceptors (Lipinski definition) is 3. The second kappa shape index (κ2) is 6.44. The normalized spacial score (nSPS) is 10.3. The first-order chi connectivity index (χ1) is 10.5. The summed E-state index contributed by atoms with van der Waals surface area (Å²) in [6, 6.07) is 11.8. The fourth-order valence-corrected chi connectivity index (χ4v) is 2.60. The van der Waals surface area contributed by atoms with Gasteiger partial charge in [-0.15, -0.1) is 12.4 Å². The van der Waals surface area contributed by atoms with E-state index in [1.54, 1.807) is 19.1 Å². The van der Waals surface area contributed by atoms with Crippen LogP contribution in [0.4, 0.5) is 0 Å². The molecular weight excluding hydrogens is 339 g/mol. The van der Waals surface area contributed by atoms with Crippen molar-refractivity contribution in [1.29, 1.82) is 0 Å². The van der Waals surface area contributed by atoms with Crippen LogP contribution in [0.5, 0.6) is 0 Å². The SMILES string of the molecule is Cc1c(-c2ccccc2)oc2c(C(=O)O)cc(Cl)cc2c1=O.Cl. The molecule has 6 heteroatoms. The van der Waals surface area contributed by atoms with Crippen molar-refractivity contribution in [3.05, 3.63) is 68.8 Å². The highest BCUT2D eigenvalue weighted by molar-refractivity contribution is 6.32. The number of fused-ring (bicyclic) bond motifs is 1. The molecular formula is C17H12Cl2O4. The lowest BCUT2D eigenvalue weighted by atomic mass is 10.0. The molecule has 0 aliphatic heterocycles. The van der Waals surface area contributed by atoms with Crippen LogP contribution in [0, 0.1) is 6.92 Å². The molecule has 0 unspecified atom stereocenters. The molecule has 0 aliphatic rings. The minimum absolute atomic E-state index is 0. The Bertz CT molecular complexity index is 946. The van der Waals surface area contributed by atoms with Gasteiger partial charge in [-0.1, -0.05) is 41.9 Å². The summed E-state index contributed by atoms with van der Waals surface area (Å²) in [5.74, 6) is -0.832. The Labute approximate surface area is 142 Å². The number of carboxylic acids is 1. The minimum atomic E-state index is -1.20. The molecule has 1 heterocycles. The molecule has 118 valence electrons. The third-order valence-corrected chi connectivity index (χ3v) is 3.67. The van der Waals surface area contributed by atoms with Gasteiger partial charge < -0.3 is 9.52 Å². The van der Waals surface area contributed by atoms with E-state index in [4.69, 9.17) is 16.0 Å². The van der Waals surface area contributed by atoms with Gasteiger partial charge in [-0.05, 0) is 19.1 Å². The van der Waals surface area contributed by atoms with Crippen molar-refractivity contribution in [2.75, 3.05) is 0 Å². The summed E-state index contributed by atoms with van der Waals surface area (Å²) in [5.41, 5.74) is 0.746. The molecule has 0 fully saturated rings. The van der Waals surface area contributed by atoms with Crippen molar-refractivity contribution >= 4 is 40.9 Å². The van der Waals surface area contributed by atoms with Crippen LogP contribution < -0.4 is 5.43 Å². The van der Waals surface area contributed by atoms with Crippen LogP contribution >= 0.6 is 24.0 Å². The fraction of sp³-hybridized carbons (Fsp3) is 0.0588. The van der Waals surface area contributed by atoms with Crippen LogP contribution in [0.2, 0.25) is 5.02 Å². The van der Waals surface area contributed by atoms with E-state index < -0.39 is 5.97 Å². The van der Waals surface area contributed by atoms with Crippen molar-refractivity contribution in [2.45, 2.75) is 6.92 Å². The average molecular weight is 351 g/mol. The zero-order chi connectivity index (χ0) is 15.9. The number of carbonyl (C=O) groups is 1. The first-order valence-electron chi connectivity index (χ1n) is 6.54. The van der Waals surface area contributed by atoms with Gasteiger partial charge >= 0.3 is 5.97 Å². The van der Waals surface area contributed by atoms with Gasteiger partial charge in [-0.3, -0.25) is 4.79 Å². The van der Waals surface area contributed by atoms with E-state index in [0.717, 1.165) is 0 Å². The zero-order valence-electron chi connectivity index (χ0n) is 12.0. The summed E-state index contributed by atoms with van der Waals surface area (Å²) in [7, 11) is 0. The van der Waals surface area contributed by atoms with E-state index in [1.165, 1.54) is 12.1 Å². The third kappa shape index (κ3) is 2.96. The monoisotopic (exact) mass is 350 g/mol. The molecule has 1 aromatic heterocycles. The fourth-order valence-electron chi connectivity index (χ4n) is 2.38. The Morgan fingerprint density at radius 1 is 1.17 bits per heavy atom. The predicted octanol–water partition coefficient (Wildman–Crippen LogP) is 4.54. The molecule has 4 nitrogen and oxygen atoms in total. The smallest absolute Gasteiger partial charge is 0.339 e. The number of rotatable bonds is 2. The molecule has 0 radical (unpaired) electrons. The van der Waals surface area contributed by atoms with Crippen molar-refractivity contribution < 1.29 is 14.3 Å². The number of benzene rings is 2. The molecule has 0 saturated carbocycles. The maximum atomic E-state index is 12.5. The summed E-state index contributed by atoms with van der Waals surface area (Å²) < 4.78 is 5.77. The molecule has 23 heavy (non-hydrogen) atoms. The summed E-state index contributed by atoms with van der Waals surface area (Å²) in [4.78, 5) is 23.9. The highest BCUT2D eigenvalue weighted by Crippen LogP contribution is 2.29. The summed E-state index contributed by atoms with van der Waals surface area (Å²) >= 11 is 5.91. The minimum Gasteiger partial charge on any atom is -0.478 e. The first kappa shape index (κ1) is 17.1. The van der Waals surface area contributed by atoms with Gasteiger partial charge in [-0.2, -0.15) is 0 Å². The molecule has 0 atom stereocenters. The Kier molecular flexibility index (Phi) is 4.78. The van der Waals surface area contributed by atoms with E-state index in [0.29, 0.717) is 16.9 Å². The van der Waals surface area contributed by atoms with Gasteiger partial charge in [0.05, 0.1) is 5.39 Å². The van der Waals surface area contributed by atoms with Crippen LogP contribution in [0.15, 0.2) is 51.7 Å². The third-order valence-electron chi connectivity index (χ3n) is 3.45. The van der Waals surface area contributed by atoms with E-state index in [2.05, 4.69) is 0 Å². The Balaban J connectivity index is 0.00000192. The lowest BCUT2D eigenvalue weighted by Gasteiger charge is -2.09. The van der Waals surface area contributed by atoms with Gasteiger partial charge in [0.2, 0.25) is 0 Å². The lowest BCUT2D eigenvalue weighted by molar-refractivity contribution is 0.0698.